The fraction of sp³-hybridized carbons (Fsp3) is 0.462. The van der Waals surface area contributed by atoms with E-state index in [1.165, 1.54) is 5.56 Å². The molecule has 0 unspecified atom stereocenters. The van der Waals surface area contributed by atoms with Crippen molar-refractivity contribution in [2.45, 2.75) is 72.6 Å². The van der Waals surface area contributed by atoms with Crippen LogP contribution in [0.3, 0.4) is 0 Å². The quantitative estimate of drug-likeness (QED) is 0.403. The molecule has 1 atom stereocenters. The van der Waals surface area contributed by atoms with Crippen molar-refractivity contribution in [1.82, 2.24) is 30.1 Å². The van der Waals surface area contributed by atoms with Gasteiger partial charge in [0, 0.05) is 17.6 Å². The molecule has 1 N–H and O–H groups in total. The molecule has 0 aliphatic rings. The number of hydrogen-bond acceptors (Lipinski definition) is 6. The number of pyridine rings is 1. The highest BCUT2D eigenvalue weighted by molar-refractivity contribution is 5.79. The molecule has 0 radical (unpaired) electrons. The van der Waals surface area contributed by atoms with Crippen LogP contribution in [0.25, 0.3) is 10.9 Å². The lowest BCUT2D eigenvalue weighted by molar-refractivity contribution is 0.111. The number of aromatic nitrogens is 5. The topological polar surface area (TPSA) is 92.8 Å². The number of nitrogens with one attached hydrogen (secondary N) is 1. The van der Waals surface area contributed by atoms with Gasteiger partial charge in [0.2, 0.25) is 0 Å². The highest BCUT2D eigenvalue weighted by atomic mass is 16.3. The molecule has 1 aromatic carbocycles. The standard InChI is InChI=1S/C26H34N6O2/c1-7-18-10-11-22-19(13-18)14-20(25(33)27-22)15-31(16-21-9-8-12-34-21)23(17(2)3)24-28-29-30-32(24)26(4,5)6/h8-14,17,23H,7,15-16H2,1-6H3,(H,27,33)/t23-/m0/s1. The maximum Gasteiger partial charge on any atom is 0.252 e. The predicted molar refractivity (Wildman–Crippen MR) is 132 cm³/mol. The number of nitrogens with zero attached hydrogens (tertiary/aromatic N) is 5. The molecule has 4 aromatic rings. The maximum atomic E-state index is 13.1. The molecule has 0 aliphatic heterocycles. The maximum absolute atomic E-state index is 13.1. The first-order valence-electron chi connectivity index (χ1n) is 11.9. The summed E-state index contributed by atoms with van der Waals surface area (Å²) in [5, 5.41) is 13.8. The third kappa shape index (κ3) is 4.97. The average Bonchev–Trinajstić information content (AvgIpc) is 3.46. The van der Waals surface area contributed by atoms with Gasteiger partial charge >= 0.3 is 0 Å². The summed E-state index contributed by atoms with van der Waals surface area (Å²) in [6.45, 7) is 13.6. The number of fused-ring (bicyclic) bond motifs is 1. The highest BCUT2D eigenvalue weighted by Crippen LogP contribution is 2.32. The Morgan fingerprint density at radius 3 is 2.59 bits per heavy atom. The smallest absolute Gasteiger partial charge is 0.252 e. The number of hydrogen-bond donors (Lipinski definition) is 1. The number of benzene rings is 1. The Labute approximate surface area is 200 Å². The molecule has 3 heterocycles. The van der Waals surface area contributed by atoms with E-state index in [0.29, 0.717) is 18.7 Å². The number of aromatic amines is 1. The van der Waals surface area contributed by atoms with Crippen LogP contribution in [-0.2, 0) is 25.0 Å². The van der Waals surface area contributed by atoms with E-state index in [9.17, 15) is 4.79 Å². The lowest BCUT2D eigenvalue weighted by atomic mass is 9.98. The Morgan fingerprint density at radius 1 is 1.15 bits per heavy atom. The zero-order chi connectivity index (χ0) is 24.5. The monoisotopic (exact) mass is 462 g/mol. The van der Waals surface area contributed by atoms with E-state index in [0.717, 1.165) is 28.9 Å². The third-order valence-corrected chi connectivity index (χ3v) is 6.12. The van der Waals surface area contributed by atoms with Crippen molar-refractivity contribution < 1.29 is 4.42 Å². The largest absolute Gasteiger partial charge is 0.468 e. The summed E-state index contributed by atoms with van der Waals surface area (Å²) >= 11 is 0. The summed E-state index contributed by atoms with van der Waals surface area (Å²) in [5.41, 5.74) is 2.43. The average molecular weight is 463 g/mol. The van der Waals surface area contributed by atoms with E-state index in [1.54, 1.807) is 6.26 Å². The Balaban J connectivity index is 1.79. The lowest BCUT2D eigenvalue weighted by Crippen LogP contribution is -2.37. The first kappa shape index (κ1) is 23.9. The zero-order valence-corrected chi connectivity index (χ0v) is 20.9. The zero-order valence-electron chi connectivity index (χ0n) is 20.9. The molecule has 180 valence electrons. The van der Waals surface area contributed by atoms with Crippen LogP contribution < -0.4 is 5.56 Å². The van der Waals surface area contributed by atoms with Gasteiger partial charge in [0.1, 0.15) is 5.76 Å². The highest BCUT2D eigenvalue weighted by Gasteiger charge is 2.33. The van der Waals surface area contributed by atoms with Crippen LogP contribution in [0.15, 0.2) is 51.9 Å². The molecular weight excluding hydrogens is 428 g/mol. The van der Waals surface area contributed by atoms with E-state index in [-0.39, 0.29) is 23.1 Å². The molecule has 34 heavy (non-hydrogen) atoms. The van der Waals surface area contributed by atoms with Crippen molar-refractivity contribution in [2.24, 2.45) is 5.92 Å². The van der Waals surface area contributed by atoms with E-state index >= 15 is 0 Å². The lowest BCUT2D eigenvalue weighted by Gasteiger charge is -2.34. The van der Waals surface area contributed by atoms with Crippen LogP contribution in [0.1, 0.15) is 70.3 Å². The van der Waals surface area contributed by atoms with Gasteiger partial charge in [-0.25, -0.2) is 4.68 Å². The summed E-state index contributed by atoms with van der Waals surface area (Å²) in [6.07, 6.45) is 2.62. The van der Waals surface area contributed by atoms with E-state index in [2.05, 4.69) is 79.1 Å². The number of furan rings is 1. The van der Waals surface area contributed by atoms with Gasteiger partial charge in [0.05, 0.1) is 24.4 Å². The van der Waals surface area contributed by atoms with Gasteiger partial charge in [-0.1, -0.05) is 26.8 Å². The SMILES string of the molecule is CCc1ccc2[nH]c(=O)c(CN(Cc3ccco3)[C@H](c3nnnn3C(C)(C)C)C(C)C)cc2c1. The van der Waals surface area contributed by atoms with Gasteiger partial charge < -0.3 is 9.40 Å². The van der Waals surface area contributed by atoms with Crippen molar-refractivity contribution in [3.05, 3.63) is 75.7 Å². The van der Waals surface area contributed by atoms with Crippen LogP contribution >= 0.6 is 0 Å². The molecule has 3 aromatic heterocycles. The third-order valence-electron chi connectivity index (χ3n) is 6.12. The summed E-state index contributed by atoms with van der Waals surface area (Å²) < 4.78 is 7.57. The van der Waals surface area contributed by atoms with Gasteiger partial charge in [-0.3, -0.25) is 9.69 Å². The summed E-state index contributed by atoms with van der Waals surface area (Å²) in [5.74, 6) is 1.79. The molecule has 8 heteroatoms. The van der Waals surface area contributed by atoms with E-state index < -0.39 is 0 Å². The fourth-order valence-corrected chi connectivity index (χ4v) is 4.45. The van der Waals surface area contributed by atoms with Gasteiger partial charge in [-0.2, -0.15) is 0 Å². The normalized spacial score (nSPS) is 13.3. The molecule has 4 rings (SSSR count). The van der Waals surface area contributed by atoms with Crippen LogP contribution in [0.2, 0.25) is 0 Å². The second-order valence-corrected chi connectivity index (χ2v) is 10.2. The minimum atomic E-state index is -0.278. The van der Waals surface area contributed by atoms with Gasteiger partial charge in [-0.05, 0) is 84.8 Å². The number of tetrazole rings is 1. The van der Waals surface area contributed by atoms with Crippen LogP contribution in [0.5, 0.6) is 0 Å². The molecule has 8 nitrogen and oxygen atoms in total. The molecule has 0 saturated carbocycles. The molecule has 0 amide bonds. The molecule has 0 fully saturated rings. The number of aryl methyl sites for hydroxylation is 1. The second-order valence-electron chi connectivity index (χ2n) is 10.2. The number of H-pyrrole nitrogens is 1. The fourth-order valence-electron chi connectivity index (χ4n) is 4.45. The van der Waals surface area contributed by atoms with Gasteiger partial charge in [-0.15, -0.1) is 5.10 Å². The Kier molecular flexibility index (Phi) is 6.70. The minimum absolute atomic E-state index is 0.0842. The first-order chi connectivity index (χ1) is 16.2. The van der Waals surface area contributed by atoms with E-state index in [4.69, 9.17) is 4.42 Å². The number of rotatable bonds is 8. The van der Waals surface area contributed by atoms with Crippen molar-refractivity contribution in [3.63, 3.8) is 0 Å². The second kappa shape index (κ2) is 9.54. The Morgan fingerprint density at radius 2 is 1.94 bits per heavy atom. The van der Waals surface area contributed by atoms with Crippen LogP contribution in [0.4, 0.5) is 0 Å². The molecule has 0 bridgehead atoms. The molecule has 0 spiro atoms. The minimum Gasteiger partial charge on any atom is -0.468 e. The summed E-state index contributed by atoms with van der Waals surface area (Å²) in [6, 6.07) is 11.9. The van der Waals surface area contributed by atoms with Crippen molar-refractivity contribution in [2.75, 3.05) is 0 Å². The summed E-state index contributed by atoms with van der Waals surface area (Å²) in [4.78, 5) is 18.4. The summed E-state index contributed by atoms with van der Waals surface area (Å²) in [7, 11) is 0. The molecular formula is C26H34N6O2. The van der Waals surface area contributed by atoms with Crippen molar-refractivity contribution >= 4 is 10.9 Å². The predicted octanol–water partition coefficient (Wildman–Crippen LogP) is 4.82. The van der Waals surface area contributed by atoms with Crippen LogP contribution in [-0.4, -0.2) is 30.1 Å². The Hall–Kier alpha value is -3.26. The van der Waals surface area contributed by atoms with Crippen LogP contribution in [0, 0.1) is 5.92 Å². The van der Waals surface area contributed by atoms with Gasteiger partial charge in [0.25, 0.3) is 5.56 Å². The first-order valence-corrected chi connectivity index (χ1v) is 11.9. The van der Waals surface area contributed by atoms with Crippen molar-refractivity contribution in [1.29, 1.82) is 0 Å². The Bertz CT molecular complexity index is 1300. The molecule has 0 aliphatic carbocycles. The van der Waals surface area contributed by atoms with Gasteiger partial charge in [0.15, 0.2) is 5.82 Å². The molecule has 0 saturated heterocycles. The van der Waals surface area contributed by atoms with Crippen molar-refractivity contribution in [3.8, 4) is 0 Å². The van der Waals surface area contributed by atoms with E-state index in [1.807, 2.05) is 28.9 Å².